The quantitative estimate of drug-likeness (QED) is 0.556. The first-order valence-electron chi connectivity index (χ1n) is 12.6. The maximum absolute atomic E-state index is 13.4. The molecular formula is C25H40N4O5S. The van der Waals surface area contributed by atoms with Crippen LogP contribution >= 0.6 is 0 Å². The SMILES string of the molecule is CC1CCC(C(C)C)C(OC(=O)N2CCCN(S(=O)(=O)Cc3ccccc3)C2C(=O)NCCN)C1. The Morgan fingerprint density at radius 2 is 1.89 bits per heavy atom. The maximum Gasteiger partial charge on any atom is 0.411 e. The molecule has 35 heavy (non-hydrogen) atoms. The predicted octanol–water partition coefficient (Wildman–Crippen LogP) is 2.52. The smallest absolute Gasteiger partial charge is 0.411 e. The first-order valence-corrected chi connectivity index (χ1v) is 14.2. The Morgan fingerprint density at radius 3 is 2.54 bits per heavy atom. The van der Waals surface area contributed by atoms with Crippen molar-refractivity contribution in [3.8, 4) is 0 Å². The van der Waals surface area contributed by atoms with Crippen LogP contribution in [0.2, 0.25) is 0 Å². The molecule has 0 bridgehead atoms. The molecule has 1 heterocycles. The Labute approximate surface area is 209 Å². The van der Waals surface area contributed by atoms with Gasteiger partial charge in [-0.05, 0) is 42.6 Å². The second-order valence-corrected chi connectivity index (χ2v) is 12.0. The number of rotatable bonds is 8. The fourth-order valence-corrected chi connectivity index (χ4v) is 6.85. The average Bonchev–Trinajstić information content (AvgIpc) is 2.82. The molecule has 1 saturated carbocycles. The highest BCUT2D eigenvalue weighted by atomic mass is 32.2. The highest BCUT2D eigenvalue weighted by Gasteiger charge is 2.45. The molecule has 4 atom stereocenters. The van der Waals surface area contributed by atoms with E-state index in [1.807, 2.05) is 6.07 Å². The van der Waals surface area contributed by atoms with Gasteiger partial charge < -0.3 is 15.8 Å². The molecule has 1 aromatic rings. The number of benzene rings is 1. The summed E-state index contributed by atoms with van der Waals surface area (Å²) >= 11 is 0. The van der Waals surface area contributed by atoms with Crippen molar-refractivity contribution in [1.82, 2.24) is 14.5 Å². The van der Waals surface area contributed by atoms with Gasteiger partial charge in [-0.2, -0.15) is 4.31 Å². The van der Waals surface area contributed by atoms with E-state index >= 15 is 0 Å². The predicted molar refractivity (Wildman–Crippen MR) is 135 cm³/mol. The fraction of sp³-hybridized carbons (Fsp3) is 0.680. The number of amides is 2. The molecule has 196 valence electrons. The summed E-state index contributed by atoms with van der Waals surface area (Å²) in [6.45, 7) is 7.18. The summed E-state index contributed by atoms with van der Waals surface area (Å²) in [7, 11) is -3.90. The monoisotopic (exact) mass is 508 g/mol. The minimum atomic E-state index is -3.90. The van der Waals surface area contributed by atoms with Gasteiger partial charge in [0, 0.05) is 26.2 Å². The van der Waals surface area contributed by atoms with Crippen LogP contribution in [0.25, 0.3) is 0 Å². The maximum atomic E-state index is 13.4. The average molecular weight is 509 g/mol. The Hall–Kier alpha value is -2.17. The van der Waals surface area contributed by atoms with E-state index in [0.29, 0.717) is 23.8 Å². The van der Waals surface area contributed by atoms with E-state index in [1.165, 1.54) is 4.90 Å². The lowest BCUT2D eigenvalue weighted by Crippen LogP contribution is -2.64. The second-order valence-electron chi connectivity index (χ2n) is 10.1. The topological polar surface area (TPSA) is 122 Å². The number of carbonyl (C=O) groups is 2. The molecular weight excluding hydrogens is 468 g/mol. The van der Waals surface area contributed by atoms with Gasteiger partial charge in [-0.1, -0.05) is 57.5 Å². The van der Waals surface area contributed by atoms with E-state index in [-0.39, 0.29) is 44.0 Å². The first-order chi connectivity index (χ1) is 16.6. The van der Waals surface area contributed by atoms with E-state index < -0.39 is 28.2 Å². The summed E-state index contributed by atoms with van der Waals surface area (Å²) in [4.78, 5) is 27.9. The highest BCUT2D eigenvalue weighted by Crippen LogP contribution is 2.36. The van der Waals surface area contributed by atoms with Gasteiger partial charge in [0.25, 0.3) is 5.91 Å². The molecule has 1 aliphatic carbocycles. The molecule has 2 aliphatic rings. The van der Waals surface area contributed by atoms with Gasteiger partial charge in [0.1, 0.15) is 6.10 Å². The van der Waals surface area contributed by atoms with E-state index in [1.54, 1.807) is 24.3 Å². The lowest BCUT2D eigenvalue weighted by molar-refractivity contribution is -0.132. The summed E-state index contributed by atoms with van der Waals surface area (Å²) in [6.07, 6.45) is 1.05. The van der Waals surface area contributed by atoms with Gasteiger partial charge in [-0.3, -0.25) is 9.69 Å². The molecule has 9 nitrogen and oxygen atoms in total. The van der Waals surface area contributed by atoms with Gasteiger partial charge >= 0.3 is 6.09 Å². The summed E-state index contributed by atoms with van der Waals surface area (Å²) in [5, 5.41) is 2.67. The van der Waals surface area contributed by atoms with E-state index in [0.717, 1.165) is 23.6 Å². The molecule has 0 aromatic heterocycles. The zero-order valence-corrected chi connectivity index (χ0v) is 21.9. The lowest BCUT2D eigenvalue weighted by atomic mass is 9.75. The van der Waals surface area contributed by atoms with Crippen molar-refractivity contribution in [2.75, 3.05) is 26.2 Å². The molecule has 1 saturated heterocycles. The third kappa shape index (κ3) is 6.95. The third-order valence-corrected chi connectivity index (χ3v) is 8.82. The number of ether oxygens (including phenoxy) is 1. The van der Waals surface area contributed by atoms with Gasteiger partial charge in [-0.25, -0.2) is 13.2 Å². The minimum Gasteiger partial charge on any atom is -0.446 e. The van der Waals surface area contributed by atoms with Crippen molar-refractivity contribution in [1.29, 1.82) is 0 Å². The van der Waals surface area contributed by atoms with Crippen molar-refractivity contribution in [3.05, 3.63) is 35.9 Å². The molecule has 2 fully saturated rings. The van der Waals surface area contributed by atoms with Crippen LogP contribution in [0.4, 0.5) is 4.79 Å². The van der Waals surface area contributed by atoms with Crippen LogP contribution in [-0.2, 0) is 25.3 Å². The second kappa shape index (κ2) is 12.2. The first kappa shape index (κ1) is 27.4. The van der Waals surface area contributed by atoms with Crippen LogP contribution in [0.3, 0.4) is 0 Å². The number of hydrogen-bond acceptors (Lipinski definition) is 6. The zero-order valence-electron chi connectivity index (χ0n) is 21.1. The standard InChI is InChI=1S/C25H40N4O5S/c1-18(2)21-11-10-19(3)16-22(21)34-25(31)28-14-7-15-29(24(28)23(30)27-13-12-26)35(32,33)17-20-8-5-4-6-9-20/h4-6,8-9,18-19,21-22,24H,7,10-17,26H2,1-3H3,(H,27,30). The Morgan fingerprint density at radius 1 is 1.17 bits per heavy atom. The lowest BCUT2D eigenvalue weighted by Gasteiger charge is -2.43. The number of nitrogens with zero attached hydrogens (tertiary/aromatic N) is 2. The van der Waals surface area contributed by atoms with Crippen LogP contribution in [0.1, 0.15) is 52.0 Å². The van der Waals surface area contributed by atoms with Gasteiger partial charge in [0.05, 0.1) is 5.75 Å². The van der Waals surface area contributed by atoms with Crippen LogP contribution in [-0.4, -0.2) is 68.1 Å². The van der Waals surface area contributed by atoms with Crippen molar-refractivity contribution in [2.24, 2.45) is 23.5 Å². The Kier molecular flexibility index (Phi) is 9.54. The molecule has 0 radical (unpaired) electrons. The Balaban J connectivity index is 1.85. The summed E-state index contributed by atoms with van der Waals surface area (Å²) in [5.41, 5.74) is 6.17. The highest BCUT2D eigenvalue weighted by molar-refractivity contribution is 7.88. The molecule has 4 unspecified atom stereocenters. The number of sulfonamides is 1. The van der Waals surface area contributed by atoms with Crippen molar-refractivity contribution < 1.29 is 22.7 Å². The minimum absolute atomic E-state index is 0.148. The molecule has 10 heteroatoms. The van der Waals surface area contributed by atoms with Crippen molar-refractivity contribution in [3.63, 3.8) is 0 Å². The van der Waals surface area contributed by atoms with E-state index in [4.69, 9.17) is 10.5 Å². The van der Waals surface area contributed by atoms with E-state index in [9.17, 15) is 18.0 Å². The summed E-state index contributed by atoms with van der Waals surface area (Å²) < 4.78 is 34.0. The van der Waals surface area contributed by atoms with Crippen molar-refractivity contribution in [2.45, 2.75) is 64.5 Å². The molecule has 3 rings (SSSR count). The van der Waals surface area contributed by atoms with E-state index in [2.05, 4.69) is 26.1 Å². The van der Waals surface area contributed by atoms with Gasteiger partial charge in [0.2, 0.25) is 10.0 Å². The molecule has 0 spiro atoms. The normalized spacial score (nSPS) is 25.9. The van der Waals surface area contributed by atoms with Crippen LogP contribution in [0, 0.1) is 17.8 Å². The van der Waals surface area contributed by atoms with Crippen LogP contribution in [0.5, 0.6) is 0 Å². The van der Waals surface area contributed by atoms with Crippen molar-refractivity contribution >= 4 is 22.0 Å². The third-order valence-electron chi connectivity index (χ3n) is 7.02. The molecule has 1 aliphatic heterocycles. The zero-order chi connectivity index (χ0) is 25.6. The largest absolute Gasteiger partial charge is 0.446 e. The summed E-state index contributed by atoms with van der Waals surface area (Å²) in [5.74, 6) is 0.208. The number of nitrogens with two attached hydrogens (primary N) is 1. The Bertz CT molecular complexity index is 956. The van der Waals surface area contributed by atoms with Crippen LogP contribution < -0.4 is 11.1 Å². The van der Waals surface area contributed by atoms with Gasteiger partial charge in [-0.15, -0.1) is 0 Å². The van der Waals surface area contributed by atoms with Gasteiger partial charge in [0.15, 0.2) is 6.17 Å². The number of nitrogens with one attached hydrogen (secondary N) is 1. The summed E-state index contributed by atoms with van der Waals surface area (Å²) in [6, 6.07) is 8.81. The number of carbonyl (C=O) groups excluding carboxylic acids is 2. The molecule has 3 N–H and O–H groups in total. The molecule has 1 aromatic carbocycles. The van der Waals surface area contributed by atoms with Crippen LogP contribution in [0.15, 0.2) is 30.3 Å². The number of hydrogen-bond donors (Lipinski definition) is 2. The molecule has 2 amide bonds. The fourth-order valence-electron chi connectivity index (χ4n) is 5.15.